The topological polar surface area (TPSA) is 64.7 Å². The molecule has 4 rings (SSSR count). The second-order valence-corrected chi connectivity index (χ2v) is 5.08. The predicted molar refractivity (Wildman–Crippen MR) is 69.8 cm³/mol. The van der Waals surface area contributed by atoms with Gasteiger partial charge in [0.2, 0.25) is 11.7 Å². The minimum atomic E-state index is -0.385. The lowest BCUT2D eigenvalue weighted by Crippen LogP contribution is -1.92. The molecule has 0 unspecified atom stereocenters. The van der Waals surface area contributed by atoms with Crippen LogP contribution in [-0.4, -0.2) is 20.2 Å². The molecule has 100 valence electrons. The van der Waals surface area contributed by atoms with Crippen LogP contribution in [0.1, 0.15) is 24.7 Å². The van der Waals surface area contributed by atoms with Gasteiger partial charge in [0.1, 0.15) is 11.0 Å². The number of hydrogen-bond donors (Lipinski definition) is 0. The highest BCUT2D eigenvalue weighted by Gasteiger charge is 2.30. The van der Waals surface area contributed by atoms with Gasteiger partial charge in [0.25, 0.3) is 5.89 Å². The van der Waals surface area contributed by atoms with Gasteiger partial charge in [0.15, 0.2) is 0 Å². The highest BCUT2D eigenvalue weighted by molar-refractivity contribution is 6.34. The van der Waals surface area contributed by atoms with Crippen LogP contribution in [0, 0.1) is 5.82 Å². The number of aromatic nitrogens is 4. The largest absolute Gasteiger partial charge is 0.418 e. The zero-order valence-electron chi connectivity index (χ0n) is 10.2. The molecule has 0 spiro atoms. The molecule has 0 N–H and O–H groups in total. The summed E-state index contributed by atoms with van der Waals surface area (Å²) >= 11 is 6.06. The summed E-state index contributed by atoms with van der Waals surface area (Å²) in [4.78, 5) is 8.38. The Morgan fingerprint density at radius 3 is 2.85 bits per heavy atom. The smallest absolute Gasteiger partial charge is 0.285 e. The van der Waals surface area contributed by atoms with Gasteiger partial charge in [0.05, 0.1) is 5.52 Å². The van der Waals surface area contributed by atoms with E-state index in [-0.39, 0.29) is 22.7 Å². The molecule has 1 saturated carbocycles. The molecule has 5 nitrogen and oxygen atoms in total. The molecule has 1 aromatic carbocycles. The molecule has 0 radical (unpaired) electrons. The fraction of sp³-hybridized carbons (Fsp3) is 0.231. The zero-order valence-corrected chi connectivity index (χ0v) is 10.9. The number of benzene rings is 1. The second-order valence-electron chi connectivity index (χ2n) is 4.72. The van der Waals surface area contributed by atoms with E-state index in [1.165, 1.54) is 12.1 Å². The quantitative estimate of drug-likeness (QED) is 0.677. The first-order valence-electron chi connectivity index (χ1n) is 6.17. The molecule has 1 aliphatic carbocycles. The molecule has 1 aliphatic rings. The van der Waals surface area contributed by atoms with Gasteiger partial charge in [-0.3, -0.25) is 0 Å². The summed E-state index contributed by atoms with van der Waals surface area (Å²) in [7, 11) is 0. The third kappa shape index (κ3) is 1.92. The van der Waals surface area contributed by atoms with Crippen LogP contribution in [-0.2, 0) is 0 Å². The molecular weight excluding hydrogens is 283 g/mol. The Balaban J connectivity index is 1.84. The molecule has 2 heterocycles. The van der Waals surface area contributed by atoms with Crippen molar-refractivity contribution in [1.29, 1.82) is 0 Å². The van der Waals surface area contributed by atoms with E-state index in [2.05, 4.69) is 20.2 Å². The molecule has 7 heteroatoms. The summed E-state index contributed by atoms with van der Waals surface area (Å²) in [5.74, 6) is 1.08. The lowest BCUT2D eigenvalue weighted by molar-refractivity contribution is 0.505. The van der Waals surface area contributed by atoms with E-state index in [0.29, 0.717) is 22.7 Å². The van der Waals surface area contributed by atoms with Crippen molar-refractivity contribution in [2.45, 2.75) is 18.8 Å². The third-order valence-electron chi connectivity index (χ3n) is 3.17. The number of fused-ring (bicyclic) bond motifs is 1. The van der Waals surface area contributed by atoms with Gasteiger partial charge < -0.3 is 4.42 Å². The maximum absolute atomic E-state index is 13.2. The summed E-state index contributed by atoms with van der Waals surface area (Å²) < 4.78 is 18.7. The minimum absolute atomic E-state index is 0.163. The van der Waals surface area contributed by atoms with Crippen molar-refractivity contribution < 1.29 is 8.81 Å². The van der Waals surface area contributed by atoms with Crippen LogP contribution in [0.3, 0.4) is 0 Å². The Hall–Kier alpha value is -2.08. The maximum atomic E-state index is 13.2. The lowest BCUT2D eigenvalue weighted by atomic mass is 10.2. The van der Waals surface area contributed by atoms with E-state index in [1.54, 1.807) is 6.07 Å². The maximum Gasteiger partial charge on any atom is 0.285 e. The molecule has 0 amide bonds. The van der Waals surface area contributed by atoms with Crippen LogP contribution in [0.4, 0.5) is 4.39 Å². The Kier molecular flexibility index (Phi) is 2.47. The molecule has 20 heavy (non-hydrogen) atoms. The average molecular weight is 291 g/mol. The molecule has 0 bridgehead atoms. The van der Waals surface area contributed by atoms with Gasteiger partial charge in [-0.1, -0.05) is 11.6 Å². The summed E-state index contributed by atoms with van der Waals surface area (Å²) in [6.07, 6.45) is 2.14. The van der Waals surface area contributed by atoms with E-state index < -0.39 is 0 Å². The summed E-state index contributed by atoms with van der Waals surface area (Å²) in [5, 5.41) is 8.54. The summed E-state index contributed by atoms with van der Waals surface area (Å²) in [5.41, 5.74) is 0.535. The van der Waals surface area contributed by atoms with E-state index in [0.717, 1.165) is 12.8 Å². The van der Waals surface area contributed by atoms with Gasteiger partial charge in [-0.15, -0.1) is 10.2 Å². The second kappa shape index (κ2) is 4.21. The number of hydrogen-bond acceptors (Lipinski definition) is 5. The van der Waals surface area contributed by atoms with Crippen LogP contribution < -0.4 is 0 Å². The molecule has 2 aromatic heterocycles. The van der Waals surface area contributed by atoms with Crippen molar-refractivity contribution in [3.05, 3.63) is 35.1 Å². The van der Waals surface area contributed by atoms with Crippen molar-refractivity contribution in [2.75, 3.05) is 0 Å². The van der Waals surface area contributed by atoms with Crippen LogP contribution in [0.2, 0.25) is 5.15 Å². The highest BCUT2D eigenvalue weighted by atomic mass is 35.5. The highest BCUT2D eigenvalue weighted by Crippen LogP contribution is 2.39. The first-order chi connectivity index (χ1) is 9.70. The first kappa shape index (κ1) is 11.7. The summed E-state index contributed by atoms with van der Waals surface area (Å²) in [6.45, 7) is 0. The molecule has 0 saturated heterocycles. The monoisotopic (exact) mass is 290 g/mol. The van der Waals surface area contributed by atoms with Crippen molar-refractivity contribution >= 4 is 22.5 Å². The minimum Gasteiger partial charge on any atom is -0.418 e. The summed E-state index contributed by atoms with van der Waals surface area (Å²) in [6, 6.07) is 4.16. The van der Waals surface area contributed by atoms with Crippen molar-refractivity contribution in [2.24, 2.45) is 0 Å². The number of nitrogens with zero attached hydrogens (tertiary/aromatic N) is 4. The molecule has 1 fully saturated rings. The standard InChI is InChI=1S/C13H8ClFN4O/c14-10-8-5-7(15)3-4-9(8)16-11(17-10)13-19-18-12(20-13)6-1-2-6/h3-6H,1-2H2. The van der Waals surface area contributed by atoms with Crippen molar-refractivity contribution in [1.82, 2.24) is 20.2 Å². The molecule has 3 aromatic rings. The number of halogens is 2. The normalized spacial score (nSPS) is 14.9. The first-order valence-corrected chi connectivity index (χ1v) is 6.55. The van der Waals surface area contributed by atoms with Gasteiger partial charge >= 0.3 is 0 Å². The van der Waals surface area contributed by atoms with Crippen LogP contribution >= 0.6 is 11.6 Å². The van der Waals surface area contributed by atoms with Crippen LogP contribution in [0.5, 0.6) is 0 Å². The third-order valence-corrected chi connectivity index (χ3v) is 3.46. The van der Waals surface area contributed by atoms with Gasteiger partial charge in [0, 0.05) is 11.3 Å². The van der Waals surface area contributed by atoms with Gasteiger partial charge in [-0.25, -0.2) is 14.4 Å². The zero-order chi connectivity index (χ0) is 13.7. The molecule has 0 aliphatic heterocycles. The SMILES string of the molecule is Fc1ccc2nc(-c3nnc(C4CC4)o3)nc(Cl)c2c1. The van der Waals surface area contributed by atoms with Crippen molar-refractivity contribution in [3.8, 4) is 11.7 Å². The van der Waals surface area contributed by atoms with E-state index in [9.17, 15) is 4.39 Å². The Bertz CT molecular complexity index is 815. The van der Waals surface area contributed by atoms with Gasteiger partial charge in [-0.2, -0.15) is 0 Å². The van der Waals surface area contributed by atoms with E-state index in [4.69, 9.17) is 16.0 Å². The predicted octanol–water partition coefficient (Wildman–Crippen LogP) is 3.35. The fourth-order valence-electron chi connectivity index (χ4n) is 1.98. The van der Waals surface area contributed by atoms with Crippen LogP contribution in [0.25, 0.3) is 22.6 Å². The average Bonchev–Trinajstić information content (AvgIpc) is 3.17. The lowest BCUT2D eigenvalue weighted by Gasteiger charge is -2.01. The van der Waals surface area contributed by atoms with Gasteiger partial charge in [-0.05, 0) is 31.0 Å². The van der Waals surface area contributed by atoms with E-state index >= 15 is 0 Å². The Morgan fingerprint density at radius 2 is 2.05 bits per heavy atom. The number of rotatable bonds is 2. The van der Waals surface area contributed by atoms with E-state index in [1.807, 2.05) is 0 Å². The molecular formula is C13H8ClFN4O. The Morgan fingerprint density at radius 1 is 1.20 bits per heavy atom. The molecule has 0 atom stereocenters. The fourth-order valence-corrected chi connectivity index (χ4v) is 2.21. The van der Waals surface area contributed by atoms with Crippen molar-refractivity contribution in [3.63, 3.8) is 0 Å². The van der Waals surface area contributed by atoms with Crippen LogP contribution in [0.15, 0.2) is 22.6 Å². The Labute approximate surface area is 117 Å².